The maximum absolute atomic E-state index is 13.5. The van der Waals surface area contributed by atoms with Gasteiger partial charge in [-0.1, -0.05) is 20.8 Å². The summed E-state index contributed by atoms with van der Waals surface area (Å²) < 4.78 is 1.73. The minimum Gasteiger partial charge on any atom is -0.390 e. The van der Waals surface area contributed by atoms with Gasteiger partial charge in [0.1, 0.15) is 5.03 Å². The number of thioether (sulfide) groups is 1. The van der Waals surface area contributed by atoms with E-state index in [1.165, 1.54) is 6.42 Å². The molecule has 0 aliphatic heterocycles. The summed E-state index contributed by atoms with van der Waals surface area (Å²) in [6.07, 6.45) is 11.3. The Morgan fingerprint density at radius 2 is 1.97 bits per heavy atom. The predicted octanol–water partition coefficient (Wildman–Crippen LogP) is 3.97. The number of hydrogen-bond donors (Lipinski definition) is 3. The number of rotatable bonds is 8. The van der Waals surface area contributed by atoms with Crippen LogP contribution in [0.4, 0.5) is 0 Å². The minimum atomic E-state index is -0.617. The second kappa shape index (κ2) is 8.77. The smallest absolute Gasteiger partial charge is 0.256 e. The van der Waals surface area contributed by atoms with Crippen LogP contribution in [0.3, 0.4) is 0 Å². The van der Waals surface area contributed by atoms with Crippen LogP contribution in [-0.2, 0) is 4.79 Å². The van der Waals surface area contributed by atoms with Gasteiger partial charge >= 0.3 is 0 Å². The van der Waals surface area contributed by atoms with Gasteiger partial charge in [-0.15, -0.1) is 11.8 Å². The first kappa shape index (κ1) is 24.3. The summed E-state index contributed by atoms with van der Waals surface area (Å²) in [7, 11) is 0. The van der Waals surface area contributed by atoms with E-state index in [9.17, 15) is 14.7 Å². The van der Waals surface area contributed by atoms with Crippen LogP contribution in [0.5, 0.6) is 0 Å². The van der Waals surface area contributed by atoms with Gasteiger partial charge in [-0.25, -0.2) is 4.68 Å². The van der Waals surface area contributed by atoms with Crippen LogP contribution in [0.15, 0.2) is 17.3 Å². The van der Waals surface area contributed by atoms with Crippen LogP contribution in [0.25, 0.3) is 6.20 Å². The normalized spacial score (nSPS) is 30.9. The van der Waals surface area contributed by atoms with Crippen molar-refractivity contribution in [1.29, 1.82) is 0 Å². The molecule has 0 spiro atoms. The fraction of sp³-hybridized carbons (Fsp3) is 0.720. The van der Waals surface area contributed by atoms with Crippen LogP contribution in [0, 0.1) is 11.8 Å². The van der Waals surface area contributed by atoms with Gasteiger partial charge in [-0.2, -0.15) is 5.10 Å². The number of aromatic nitrogens is 2. The van der Waals surface area contributed by atoms with Crippen LogP contribution in [0.1, 0.15) is 89.9 Å². The largest absolute Gasteiger partial charge is 0.390 e. The van der Waals surface area contributed by atoms with Gasteiger partial charge in [0.05, 0.1) is 22.9 Å². The predicted molar refractivity (Wildman–Crippen MR) is 131 cm³/mol. The molecule has 1 aromatic rings. The molecule has 4 bridgehead atoms. The Hall–Kier alpha value is -1.80. The molecule has 2 amide bonds. The van der Waals surface area contributed by atoms with E-state index < -0.39 is 11.1 Å². The van der Waals surface area contributed by atoms with Gasteiger partial charge in [-0.05, 0) is 70.3 Å². The van der Waals surface area contributed by atoms with Gasteiger partial charge in [0.25, 0.3) is 5.91 Å². The average Bonchev–Trinajstić information content (AvgIpc) is 3.05. The topological polar surface area (TPSA) is 96.2 Å². The number of carbonyl (C=O) groups is 2. The van der Waals surface area contributed by atoms with Gasteiger partial charge in [0.15, 0.2) is 0 Å². The molecule has 4 aliphatic carbocycles. The molecule has 0 aromatic carbocycles. The van der Waals surface area contributed by atoms with E-state index in [1.54, 1.807) is 22.6 Å². The summed E-state index contributed by atoms with van der Waals surface area (Å²) in [6.45, 7) is 9.87. The second-order valence-electron chi connectivity index (χ2n) is 11.3. The minimum absolute atomic E-state index is 0.0146. The number of aliphatic hydroxyl groups is 1. The summed E-state index contributed by atoms with van der Waals surface area (Å²) in [5.74, 6) is 0.889. The Labute approximate surface area is 201 Å². The SMILES string of the molecule is CCC(=O)NC(C)(C)/C=C/n1ncc(C(=O)N[C@]23CC4CC(C[C@@](O)(C4)C2)C3)c1SC(C)C. The Kier molecular flexibility index (Phi) is 6.46. The van der Waals surface area contributed by atoms with E-state index in [0.717, 1.165) is 30.7 Å². The van der Waals surface area contributed by atoms with Crippen LogP contribution < -0.4 is 10.6 Å². The van der Waals surface area contributed by atoms with Gasteiger partial charge in [-0.3, -0.25) is 9.59 Å². The zero-order valence-corrected chi connectivity index (χ0v) is 21.3. The molecule has 8 heteroatoms. The molecule has 4 fully saturated rings. The summed E-state index contributed by atoms with van der Waals surface area (Å²) >= 11 is 1.60. The fourth-order valence-electron chi connectivity index (χ4n) is 6.37. The zero-order valence-electron chi connectivity index (χ0n) is 20.5. The number of carbonyl (C=O) groups excluding carboxylic acids is 2. The molecule has 1 aromatic heterocycles. The number of amides is 2. The third kappa shape index (κ3) is 5.32. The summed E-state index contributed by atoms with van der Waals surface area (Å²) in [5, 5.41) is 22.9. The van der Waals surface area contributed by atoms with E-state index in [4.69, 9.17) is 0 Å². The van der Waals surface area contributed by atoms with Crippen molar-refractivity contribution in [3.8, 4) is 0 Å². The molecule has 3 N–H and O–H groups in total. The van der Waals surface area contributed by atoms with Gasteiger partial charge < -0.3 is 15.7 Å². The lowest BCUT2D eigenvalue weighted by Crippen LogP contribution is -2.65. The highest BCUT2D eigenvalue weighted by Gasteiger charge is 2.57. The first-order valence-electron chi connectivity index (χ1n) is 12.2. The molecule has 33 heavy (non-hydrogen) atoms. The quantitative estimate of drug-likeness (QED) is 0.496. The number of nitrogens with one attached hydrogen (secondary N) is 2. The third-order valence-electron chi connectivity index (χ3n) is 7.17. The maximum atomic E-state index is 13.5. The van der Waals surface area contributed by atoms with E-state index in [-0.39, 0.29) is 22.6 Å². The molecule has 4 aliphatic rings. The maximum Gasteiger partial charge on any atom is 0.256 e. The molecule has 0 radical (unpaired) electrons. The Bertz CT molecular complexity index is 937. The standard InChI is InChI=1S/C25H38N4O3S/c1-6-20(30)27-23(4,5)7-8-29-22(33-16(2)3)19(14-26-29)21(31)28-24-10-17-9-18(11-24)13-25(32,12-17)15-24/h7-8,14,16-18,32H,6,9-13,15H2,1-5H3,(H,27,30)(H,28,31)/b8-7+/t17?,18?,24-,25-. The average molecular weight is 475 g/mol. The Morgan fingerprint density at radius 1 is 1.30 bits per heavy atom. The van der Waals surface area contributed by atoms with Crippen molar-refractivity contribution in [2.24, 2.45) is 11.8 Å². The lowest BCUT2D eigenvalue weighted by atomic mass is 9.51. The van der Waals surface area contributed by atoms with Crippen molar-refractivity contribution >= 4 is 29.8 Å². The van der Waals surface area contributed by atoms with Crippen molar-refractivity contribution in [3.63, 3.8) is 0 Å². The summed E-state index contributed by atoms with van der Waals surface area (Å²) in [4.78, 5) is 25.3. The van der Waals surface area contributed by atoms with E-state index in [1.807, 2.05) is 33.0 Å². The van der Waals surface area contributed by atoms with Crippen LogP contribution >= 0.6 is 11.8 Å². The van der Waals surface area contributed by atoms with Gasteiger partial charge in [0.2, 0.25) is 5.91 Å². The molecule has 4 saturated carbocycles. The molecule has 1 heterocycles. The monoisotopic (exact) mass is 474 g/mol. The fourth-order valence-corrected chi connectivity index (χ4v) is 7.30. The molecule has 0 saturated heterocycles. The molecule has 2 unspecified atom stereocenters. The van der Waals surface area contributed by atoms with Gasteiger partial charge in [0, 0.05) is 23.4 Å². The highest BCUT2D eigenvalue weighted by atomic mass is 32.2. The molecule has 5 rings (SSSR count). The van der Waals surface area contributed by atoms with Crippen molar-refractivity contribution in [3.05, 3.63) is 17.8 Å². The highest BCUT2D eigenvalue weighted by Crippen LogP contribution is 2.57. The van der Waals surface area contributed by atoms with E-state index in [2.05, 4.69) is 29.6 Å². The van der Waals surface area contributed by atoms with Crippen molar-refractivity contribution in [2.45, 2.75) is 107 Å². The zero-order chi connectivity index (χ0) is 24.0. The first-order valence-corrected chi connectivity index (χ1v) is 13.1. The van der Waals surface area contributed by atoms with Crippen LogP contribution in [0.2, 0.25) is 0 Å². The second-order valence-corrected chi connectivity index (χ2v) is 12.9. The highest BCUT2D eigenvalue weighted by molar-refractivity contribution is 7.99. The lowest BCUT2D eigenvalue weighted by molar-refractivity contribution is -0.139. The molecular formula is C25H38N4O3S. The molecular weight excluding hydrogens is 436 g/mol. The van der Waals surface area contributed by atoms with Crippen molar-refractivity contribution in [1.82, 2.24) is 20.4 Å². The lowest BCUT2D eigenvalue weighted by Gasteiger charge is -2.60. The number of nitrogens with zero attached hydrogens (tertiary/aromatic N) is 2. The van der Waals surface area contributed by atoms with Crippen molar-refractivity contribution in [2.75, 3.05) is 0 Å². The Morgan fingerprint density at radius 3 is 2.55 bits per heavy atom. The van der Waals surface area contributed by atoms with Crippen LogP contribution in [-0.4, -0.2) is 48.6 Å². The Balaban J connectivity index is 1.55. The summed E-state index contributed by atoms with van der Waals surface area (Å²) in [6, 6.07) is 0. The third-order valence-corrected chi connectivity index (χ3v) is 8.27. The molecule has 182 valence electrons. The first-order chi connectivity index (χ1) is 15.4. The molecule has 2 atom stereocenters. The van der Waals surface area contributed by atoms with E-state index >= 15 is 0 Å². The summed E-state index contributed by atoms with van der Waals surface area (Å²) in [5.41, 5.74) is -0.888. The van der Waals surface area contributed by atoms with Crippen molar-refractivity contribution < 1.29 is 14.7 Å². The number of hydrogen-bond acceptors (Lipinski definition) is 5. The van der Waals surface area contributed by atoms with E-state index in [0.29, 0.717) is 30.2 Å². The molecule has 7 nitrogen and oxygen atoms in total.